The van der Waals surface area contributed by atoms with Gasteiger partial charge in [0.05, 0.1) is 0 Å². The summed E-state index contributed by atoms with van der Waals surface area (Å²) in [6.07, 6.45) is 1.86. The van der Waals surface area contributed by atoms with Gasteiger partial charge in [-0.05, 0) is 48.7 Å². The van der Waals surface area contributed by atoms with Crippen LogP contribution in [0.5, 0.6) is 5.75 Å². The number of aryl methyl sites for hydroxylation is 1. The van der Waals surface area contributed by atoms with E-state index in [1.165, 1.54) is 11.1 Å². The van der Waals surface area contributed by atoms with Crippen LogP contribution >= 0.6 is 27.7 Å². The van der Waals surface area contributed by atoms with Crippen LogP contribution in [0.25, 0.3) is 0 Å². The zero-order chi connectivity index (χ0) is 19.2. The third-order valence-corrected chi connectivity index (χ3v) is 5.86. The largest absolute Gasteiger partial charge is 0.485 e. The van der Waals surface area contributed by atoms with Crippen molar-refractivity contribution in [3.63, 3.8) is 0 Å². The molecule has 6 heteroatoms. The number of thioether (sulfide) groups is 1. The van der Waals surface area contributed by atoms with Gasteiger partial charge in [0.2, 0.25) is 0 Å². The van der Waals surface area contributed by atoms with E-state index in [2.05, 4.69) is 69.3 Å². The number of benzene rings is 2. The van der Waals surface area contributed by atoms with Crippen molar-refractivity contribution in [3.05, 3.63) is 82.1 Å². The predicted octanol–water partition coefficient (Wildman–Crippen LogP) is 5.71. The molecule has 0 amide bonds. The molecule has 3 aromatic rings. The van der Waals surface area contributed by atoms with Gasteiger partial charge in [-0.3, -0.25) is 4.57 Å². The van der Waals surface area contributed by atoms with E-state index in [4.69, 9.17) is 4.74 Å². The Hall–Kier alpha value is -2.05. The fourth-order valence-corrected chi connectivity index (χ4v) is 3.78. The van der Waals surface area contributed by atoms with Crippen LogP contribution in [0.4, 0.5) is 0 Å². The number of hydrogen-bond acceptors (Lipinski definition) is 4. The van der Waals surface area contributed by atoms with Crippen molar-refractivity contribution in [2.75, 3.05) is 0 Å². The average molecular weight is 444 g/mol. The number of halogens is 1. The van der Waals surface area contributed by atoms with Gasteiger partial charge in [-0.15, -0.1) is 16.8 Å². The lowest BCUT2D eigenvalue weighted by molar-refractivity contribution is 0.287. The molecule has 0 aliphatic rings. The molecule has 1 heterocycles. The van der Waals surface area contributed by atoms with E-state index in [0.717, 1.165) is 32.5 Å². The Labute approximate surface area is 172 Å². The van der Waals surface area contributed by atoms with Crippen molar-refractivity contribution < 1.29 is 4.74 Å². The fraction of sp³-hybridized carbons (Fsp3) is 0.238. The topological polar surface area (TPSA) is 39.9 Å². The molecule has 0 saturated carbocycles. The molecule has 0 aliphatic heterocycles. The Morgan fingerprint density at radius 2 is 1.93 bits per heavy atom. The monoisotopic (exact) mass is 443 g/mol. The van der Waals surface area contributed by atoms with E-state index in [1.807, 2.05) is 30.3 Å². The lowest BCUT2D eigenvalue weighted by Gasteiger charge is -2.12. The molecule has 0 aliphatic carbocycles. The maximum atomic E-state index is 6.01. The zero-order valence-electron chi connectivity index (χ0n) is 15.5. The lowest BCUT2D eigenvalue weighted by atomic mass is 10.1. The van der Waals surface area contributed by atoms with E-state index in [-0.39, 0.29) is 0 Å². The summed E-state index contributed by atoms with van der Waals surface area (Å²) in [5.41, 5.74) is 3.60. The predicted molar refractivity (Wildman–Crippen MR) is 114 cm³/mol. The quantitative estimate of drug-likeness (QED) is 0.329. The standard InChI is InChI=1S/C21H22BrN3OS/c1-4-12-25-20(13-26-19-7-5-6-15(2)16(19)3)23-24-21(25)27-14-17-8-10-18(22)11-9-17/h4-11H,1,12-14H2,2-3H3. The summed E-state index contributed by atoms with van der Waals surface area (Å²) < 4.78 is 9.15. The number of aromatic nitrogens is 3. The molecule has 1 aromatic heterocycles. The van der Waals surface area contributed by atoms with Gasteiger partial charge in [0, 0.05) is 16.8 Å². The summed E-state index contributed by atoms with van der Waals surface area (Å²) in [6, 6.07) is 14.4. The molecule has 0 unspecified atom stereocenters. The van der Waals surface area contributed by atoms with Crippen molar-refractivity contribution in [2.45, 2.75) is 37.9 Å². The van der Waals surface area contributed by atoms with Crippen LogP contribution in [0.1, 0.15) is 22.5 Å². The van der Waals surface area contributed by atoms with E-state index >= 15 is 0 Å². The summed E-state index contributed by atoms with van der Waals surface area (Å²) >= 11 is 5.13. The van der Waals surface area contributed by atoms with Crippen LogP contribution in [0.15, 0.2) is 64.7 Å². The molecule has 0 spiro atoms. The van der Waals surface area contributed by atoms with E-state index in [0.29, 0.717) is 13.2 Å². The first-order valence-electron chi connectivity index (χ1n) is 8.67. The van der Waals surface area contributed by atoms with Crippen LogP contribution < -0.4 is 4.74 Å². The summed E-state index contributed by atoms with van der Waals surface area (Å²) in [5.74, 6) is 2.52. The van der Waals surface area contributed by atoms with Gasteiger partial charge >= 0.3 is 0 Å². The molecule has 0 radical (unpaired) electrons. The van der Waals surface area contributed by atoms with Gasteiger partial charge in [0.1, 0.15) is 12.4 Å². The number of nitrogens with zero attached hydrogens (tertiary/aromatic N) is 3. The summed E-state index contributed by atoms with van der Waals surface area (Å²) in [5, 5.41) is 9.57. The first-order valence-corrected chi connectivity index (χ1v) is 10.5. The van der Waals surface area contributed by atoms with Gasteiger partial charge in [-0.1, -0.05) is 58.0 Å². The lowest BCUT2D eigenvalue weighted by Crippen LogP contribution is -2.08. The smallest absolute Gasteiger partial charge is 0.191 e. The number of allylic oxidation sites excluding steroid dienone is 1. The second-order valence-electron chi connectivity index (χ2n) is 6.20. The Morgan fingerprint density at radius 3 is 2.67 bits per heavy atom. The van der Waals surface area contributed by atoms with E-state index < -0.39 is 0 Å². The molecule has 27 heavy (non-hydrogen) atoms. The highest BCUT2D eigenvalue weighted by Crippen LogP contribution is 2.25. The zero-order valence-corrected chi connectivity index (χ0v) is 17.9. The Kier molecular flexibility index (Phi) is 6.74. The molecule has 0 atom stereocenters. The van der Waals surface area contributed by atoms with Crippen molar-refractivity contribution >= 4 is 27.7 Å². The van der Waals surface area contributed by atoms with Gasteiger partial charge in [0.25, 0.3) is 0 Å². The number of rotatable bonds is 8. The first kappa shape index (κ1) is 19.7. The summed E-state index contributed by atoms with van der Waals surface area (Å²) in [6.45, 7) is 9.04. The van der Waals surface area contributed by atoms with Crippen molar-refractivity contribution in [1.82, 2.24) is 14.8 Å². The van der Waals surface area contributed by atoms with Crippen LogP contribution in [0.2, 0.25) is 0 Å². The van der Waals surface area contributed by atoms with Crippen LogP contribution in [-0.2, 0) is 18.9 Å². The Morgan fingerprint density at radius 1 is 1.15 bits per heavy atom. The van der Waals surface area contributed by atoms with Crippen molar-refractivity contribution in [3.8, 4) is 5.75 Å². The highest BCUT2D eigenvalue weighted by Gasteiger charge is 2.13. The molecule has 3 rings (SSSR count). The first-order chi connectivity index (χ1) is 13.1. The van der Waals surface area contributed by atoms with Gasteiger partial charge in [-0.25, -0.2) is 0 Å². The van der Waals surface area contributed by atoms with Gasteiger partial charge in [-0.2, -0.15) is 0 Å². The second kappa shape index (κ2) is 9.24. The number of hydrogen-bond donors (Lipinski definition) is 0. The highest BCUT2D eigenvalue weighted by molar-refractivity contribution is 9.10. The van der Waals surface area contributed by atoms with Gasteiger partial charge in [0.15, 0.2) is 11.0 Å². The molecule has 0 bridgehead atoms. The number of ether oxygens (including phenoxy) is 1. The molecule has 0 fully saturated rings. The van der Waals surface area contributed by atoms with Crippen molar-refractivity contribution in [1.29, 1.82) is 0 Å². The van der Waals surface area contributed by atoms with E-state index in [9.17, 15) is 0 Å². The Balaban J connectivity index is 1.71. The second-order valence-corrected chi connectivity index (χ2v) is 8.06. The maximum absolute atomic E-state index is 6.01. The highest BCUT2D eigenvalue weighted by atomic mass is 79.9. The third kappa shape index (κ3) is 5.02. The van der Waals surface area contributed by atoms with Crippen LogP contribution in [0.3, 0.4) is 0 Å². The summed E-state index contributed by atoms with van der Waals surface area (Å²) in [7, 11) is 0. The molecular formula is C21H22BrN3OS. The minimum atomic E-state index is 0.379. The van der Waals surface area contributed by atoms with Crippen LogP contribution in [-0.4, -0.2) is 14.8 Å². The Bertz CT molecular complexity index is 922. The molecule has 140 valence electrons. The summed E-state index contributed by atoms with van der Waals surface area (Å²) in [4.78, 5) is 0. The molecule has 0 N–H and O–H groups in total. The minimum absolute atomic E-state index is 0.379. The minimum Gasteiger partial charge on any atom is -0.485 e. The van der Waals surface area contributed by atoms with Crippen molar-refractivity contribution in [2.24, 2.45) is 0 Å². The van der Waals surface area contributed by atoms with Gasteiger partial charge < -0.3 is 4.74 Å². The fourth-order valence-electron chi connectivity index (χ4n) is 2.60. The van der Waals surface area contributed by atoms with E-state index in [1.54, 1.807) is 11.8 Å². The molecule has 0 saturated heterocycles. The molecular weight excluding hydrogens is 422 g/mol. The maximum Gasteiger partial charge on any atom is 0.191 e. The SMILES string of the molecule is C=CCn1c(COc2cccc(C)c2C)nnc1SCc1ccc(Br)cc1. The van der Waals surface area contributed by atoms with Crippen LogP contribution in [0, 0.1) is 13.8 Å². The molecule has 4 nitrogen and oxygen atoms in total. The average Bonchev–Trinajstić information content (AvgIpc) is 3.05. The molecule has 2 aromatic carbocycles. The normalized spacial score (nSPS) is 10.8. The third-order valence-electron chi connectivity index (χ3n) is 4.30.